The zero-order chi connectivity index (χ0) is 19.4. The summed E-state index contributed by atoms with van der Waals surface area (Å²) >= 11 is 0. The molecule has 1 aliphatic rings. The lowest BCUT2D eigenvalue weighted by molar-refractivity contribution is 0.00708. The highest BCUT2D eigenvalue weighted by Gasteiger charge is 2.12. The van der Waals surface area contributed by atoms with E-state index in [-0.39, 0.29) is 5.75 Å². The molecule has 0 saturated carbocycles. The number of ether oxygens (including phenoxy) is 5. The molecule has 2 aromatic carbocycles. The van der Waals surface area contributed by atoms with Gasteiger partial charge in [0.25, 0.3) is 0 Å². The van der Waals surface area contributed by atoms with Gasteiger partial charge in [-0.05, 0) is 18.2 Å². The molecule has 0 saturated heterocycles. The van der Waals surface area contributed by atoms with Crippen LogP contribution >= 0.6 is 0 Å². The first-order valence-electron chi connectivity index (χ1n) is 9.28. The molecule has 0 atom stereocenters. The van der Waals surface area contributed by atoms with Crippen LogP contribution in [0.3, 0.4) is 0 Å². The van der Waals surface area contributed by atoms with E-state index < -0.39 is 0 Å². The molecule has 1 N–H and O–H groups in total. The number of nitrogens with zero attached hydrogens (tertiary/aromatic N) is 1. The van der Waals surface area contributed by atoms with Crippen LogP contribution in [0.5, 0.6) is 17.2 Å². The summed E-state index contributed by atoms with van der Waals surface area (Å²) in [6, 6.07) is 12.7. The minimum absolute atomic E-state index is 0.0607. The molecular weight excluding hydrogens is 362 g/mol. The quantitative estimate of drug-likeness (QED) is 0.799. The molecule has 0 radical (unpaired) electrons. The van der Waals surface area contributed by atoms with Crippen molar-refractivity contribution in [2.45, 2.75) is 0 Å². The summed E-state index contributed by atoms with van der Waals surface area (Å²) < 4.78 is 27.8. The highest BCUT2D eigenvalue weighted by molar-refractivity contribution is 5.86. The van der Waals surface area contributed by atoms with E-state index in [1.165, 1.54) is 6.07 Å². The van der Waals surface area contributed by atoms with Crippen LogP contribution in [-0.4, -0.2) is 64.2 Å². The van der Waals surface area contributed by atoms with Crippen molar-refractivity contribution in [3.8, 4) is 17.2 Å². The Kier molecular flexibility index (Phi) is 8.11. The lowest BCUT2D eigenvalue weighted by Gasteiger charge is -2.14. The van der Waals surface area contributed by atoms with E-state index >= 15 is 0 Å². The van der Waals surface area contributed by atoms with Gasteiger partial charge in [-0.15, -0.1) is 0 Å². The van der Waals surface area contributed by atoms with Crippen LogP contribution in [0.2, 0.25) is 0 Å². The minimum atomic E-state index is 0.0607. The molecule has 0 spiro atoms. The second-order valence-electron chi connectivity index (χ2n) is 5.99. The summed E-state index contributed by atoms with van der Waals surface area (Å²) in [5.74, 6) is 1.02. The summed E-state index contributed by atoms with van der Waals surface area (Å²) in [6.07, 6.45) is 1.60. The Morgan fingerprint density at radius 2 is 1.25 bits per heavy atom. The third kappa shape index (κ3) is 6.53. The largest absolute Gasteiger partial charge is 0.507 e. The van der Waals surface area contributed by atoms with Crippen LogP contribution in [0, 0.1) is 0 Å². The average molecular weight is 387 g/mol. The van der Waals surface area contributed by atoms with Gasteiger partial charge in [0, 0.05) is 17.8 Å². The zero-order valence-electron chi connectivity index (χ0n) is 15.7. The summed E-state index contributed by atoms with van der Waals surface area (Å²) in [7, 11) is 0. The normalized spacial score (nSPS) is 17.0. The smallest absolute Gasteiger partial charge is 0.165 e. The van der Waals surface area contributed by atoms with Gasteiger partial charge in [-0.2, -0.15) is 0 Å². The van der Waals surface area contributed by atoms with Crippen molar-refractivity contribution >= 4 is 11.9 Å². The lowest BCUT2D eigenvalue weighted by Crippen LogP contribution is -2.13. The maximum Gasteiger partial charge on any atom is 0.165 e. The summed E-state index contributed by atoms with van der Waals surface area (Å²) in [4.78, 5) is 4.38. The van der Waals surface area contributed by atoms with Crippen molar-refractivity contribution < 1.29 is 28.8 Å². The Morgan fingerprint density at radius 3 is 1.86 bits per heavy atom. The van der Waals surface area contributed by atoms with Gasteiger partial charge in [0.15, 0.2) is 11.5 Å². The van der Waals surface area contributed by atoms with Crippen LogP contribution in [0.4, 0.5) is 5.69 Å². The second kappa shape index (κ2) is 11.3. The first-order chi connectivity index (χ1) is 13.8. The average Bonchev–Trinajstić information content (AvgIpc) is 2.72. The summed E-state index contributed by atoms with van der Waals surface area (Å²) in [6.45, 7) is 3.55. The summed E-state index contributed by atoms with van der Waals surface area (Å²) in [5, 5.41) is 10.4. The van der Waals surface area contributed by atoms with Crippen molar-refractivity contribution in [2.75, 3.05) is 52.9 Å². The molecule has 7 heteroatoms. The molecule has 1 heterocycles. The Bertz CT molecular complexity index is 750. The van der Waals surface area contributed by atoms with Gasteiger partial charge in [0.1, 0.15) is 19.0 Å². The number of phenols is 1. The van der Waals surface area contributed by atoms with Gasteiger partial charge >= 0.3 is 0 Å². The van der Waals surface area contributed by atoms with E-state index in [1.807, 2.05) is 30.3 Å². The van der Waals surface area contributed by atoms with Crippen molar-refractivity contribution in [1.82, 2.24) is 0 Å². The van der Waals surface area contributed by atoms with Gasteiger partial charge in [-0.1, -0.05) is 18.2 Å². The molecular formula is C21H25NO6. The van der Waals surface area contributed by atoms with Crippen molar-refractivity contribution in [3.05, 3.63) is 48.0 Å². The van der Waals surface area contributed by atoms with Gasteiger partial charge in [-0.3, -0.25) is 4.99 Å². The van der Waals surface area contributed by atoms with Crippen LogP contribution in [-0.2, 0) is 14.2 Å². The van der Waals surface area contributed by atoms with Crippen LogP contribution in [0.1, 0.15) is 5.56 Å². The number of para-hydroxylation sites is 1. The highest BCUT2D eigenvalue weighted by atomic mass is 16.6. The lowest BCUT2D eigenvalue weighted by atomic mass is 10.2. The van der Waals surface area contributed by atoms with Gasteiger partial charge in [0.05, 0.1) is 45.3 Å². The van der Waals surface area contributed by atoms with Crippen molar-refractivity contribution in [2.24, 2.45) is 4.99 Å². The number of hydrogen-bond donors (Lipinski definition) is 1. The Labute approximate surface area is 164 Å². The fraction of sp³-hybridized carbons (Fsp3) is 0.381. The standard InChI is InChI=1S/C21H25NO6/c23-19-15-21-20(14-17(19)16-22-18-4-2-1-3-5-18)27-12-10-25-8-6-24-7-9-26-11-13-28-21/h1-5,14-16,23H,6-13H2. The molecule has 1 aliphatic heterocycles. The molecule has 2 aromatic rings. The van der Waals surface area contributed by atoms with E-state index in [1.54, 1.807) is 12.3 Å². The molecule has 28 heavy (non-hydrogen) atoms. The molecule has 150 valence electrons. The number of aromatic hydroxyl groups is 1. The minimum Gasteiger partial charge on any atom is -0.507 e. The maximum atomic E-state index is 10.4. The van der Waals surface area contributed by atoms with Gasteiger partial charge in [0.2, 0.25) is 0 Å². The van der Waals surface area contributed by atoms with Gasteiger partial charge < -0.3 is 28.8 Å². The summed E-state index contributed by atoms with van der Waals surface area (Å²) in [5.41, 5.74) is 1.33. The van der Waals surface area contributed by atoms with Crippen LogP contribution < -0.4 is 9.47 Å². The third-order valence-electron chi connectivity index (χ3n) is 3.92. The monoisotopic (exact) mass is 387 g/mol. The number of hydrogen-bond acceptors (Lipinski definition) is 7. The number of fused-ring (bicyclic) bond motifs is 1. The molecule has 0 unspecified atom stereocenters. The van der Waals surface area contributed by atoms with Crippen molar-refractivity contribution in [1.29, 1.82) is 0 Å². The number of benzene rings is 2. The Balaban J connectivity index is 1.74. The van der Waals surface area contributed by atoms with E-state index in [0.29, 0.717) is 69.9 Å². The van der Waals surface area contributed by atoms with Crippen LogP contribution in [0.15, 0.2) is 47.5 Å². The van der Waals surface area contributed by atoms with E-state index in [0.717, 1.165) is 5.69 Å². The number of rotatable bonds is 2. The predicted octanol–water partition coefficient (Wildman–Crippen LogP) is 2.96. The fourth-order valence-corrected chi connectivity index (χ4v) is 2.52. The molecule has 3 rings (SSSR count). The van der Waals surface area contributed by atoms with Crippen LogP contribution in [0.25, 0.3) is 0 Å². The maximum absolute atomic E-state index is 10.4. The molecule has 0 aromatic heterocycles. The highest BCUT2D eigenvalue weighted by Crippen LogP contribution is 2.34. The van der Waals surface area contributed by atoms with E-state index in [9.17, 15) is 5.11 Å². The Hall–Kier alpha value is -2.61. The fourth-order valence-electron chi connectivity index (χ4n) is 2.52. The second-order valence-corrected chi connectivity index (χ2v) is 5.99. The SMILES string of the molecule is Oc1cc2c(cc1C=Nc1ccccc1)OCCOCCOCCOCCO2. The molecule has 0 aliphatic carbocycles. The topological polar surface area (TPSA) is 78.7 Å². The first-order valence-corrected chi connectivity index (χ1v) is 9.28. The molecule has 0 fully saturated rings. The molecule has 7 nitrogen and oxygen atoms in total. The zero-order valence-corrected chi connectivity index (χ0v) is 15.7. The predicted molar refractivity (Wildman–Crippen MR) is 105 cm³/mol. The van der Waals surface area contributed by atoms with E-state index in [4.69, 9.17) is 23.7 Å². The number of aliphatic imine (C=N–C) groups is 1. The van der Waals surface area contributed by atoms with Gasteiger partial charge in [-0.25, -0.2) is 0 Å². The third-order valence-corrected chi connectivity index (χ3v) is 3.92. The van der Waals surface area contributed by atoms with Crippen molar-refractivity contribution in [3.63, 3.8) is 0 Å². The molecule has 0 bridgehead atoms. The first kappa shape index (κ1) is 20.1. The van der Waals surface area contributed by atoms with E-state index in [2.05, 4.69) is 4.99 Å². The molecule has 0 amide bonds. The Morgan fingerprint density at radius 1 is 0.714 bits per heavy atom. The number of phenolic OH excluding ortho intramolecular Hbond substituents is 1.